The zero-order chi connectivity index (χ0) is 22.2. The van der Waals surface area contributed by atoms with Crippen LogP contribution in [0.25, 0.3) is 0 Å². The van der Waals surface area contributed by atoms with Crippen molar-refractivity contribution in [3.05, 3.63) is 58.9 Å². The van der Waals surface area contributed by atoms with E-state index in [-0.39, 0.29) is 19.0 Å². The SMILES string of the molecule is COc1ccc(OCC(=O)OCC(=O)c2cc(C)n(CCC3=CCCCC3)c2C)cc1. The van der Waals surface area contributed by atoms with Crippen LogP contribution in [0.5, 0.6) is 11.5 Å². The molecule has 0 fully saturated rings. The number of nitrogens with zero attached hydrogens (tertiary/aromatic N) is 1. The van der Waals surface area contributed by atoms with Crippen molar-refractivity contribution in [1.29, 1.82) is 0 Å². The largest absolute Gasteiger partial charge is 0.497 e. The van der Waals surface area contributed by atoms with Crippen LogP contribution in [-0.2, 0) is 16.1 Å². The first-order valence-corrected chi connectivity index (χ1v) is 10.8. The number of ether oxygens (including phenoxy) is 3. The third-order valence-corrected chi connectivity index (χ3v) is 5.70. The smallest absolute Gasteiger partial charge is 0.344 e. The van der Waals surface area contributed by atoms with Gasteiger partial charge in [0.15, 0.2) is 13.2 Å². The summed E-state index contributed by atoms with van der Waals surface area (Å²) in [6.45, 7) is 4.28. The van der Waals surface area contributed by atoms with Gasteiger partial charge < -0.3 is 18.8 Å². The quantitative estimate of drug-likeness (QED) is 0.310. The monoisotopic (exact) mass is 425 g/mol. The van der Waals surface area contributed by atoms with E-state index in [0.29, 0.717) is 17.1 Å². The van der Waals surface area contributed by atoms with E-state index < -0.39 is 5.97 Å². The maximum Gasteiger partial charge on any atom is 0.344 e. The van der Waals surface area contributed by atoms with Crippen LogP contribution in [0.3, 0.4) is 0 Å². The van der Waals surface area contributed by atoms with Gasteiger partial charge in [0.1, 0.15) is 11.5 Å². The molecule has 31 heavy (non-hydrogen) atoms. The standard InChI is InChI=1S/C25H31NO5/c1-18-15-23(19(2)26(18)14-13-20-7-5-4-6-8-20)24(27)16-31-25(28)17-30-22-11-9-21(29-3)10-12-22/h7,9-12,15H,4-6,8,13-14,16-17H2,1-3H3. The lowest BCUT2D eigenvalue weighted by Gasteiger charge is -2.15. The molecule has 1 aliphatic rings. The first-order valence-electron chi connectivity index (χ1n) is 10.8. The Morgan fingerprint density at radius 3 is 2.45 bits per heavy atom. The molecular formula is C25H31NO5. The number of aromatic nitrogens is 1. The van der Waals surface area contributed by atoms with E-state index in [9.17, 15) is 9.59 Å². The highest BCUT2D eigenvalue weighted by Gasteiger charge is 2.18. The number of carbonyl (C=O) groups excluding carboxylic acids is 2. The number of hydrogen-bond donors (Lipinski definition) is 0. The molecule has 0 amide bonds. The van der Waals surface area contributed by atoms with Crippen LogP contribution in [0.15, 0.2) is 42.0 Å². The number of ketones is 1. The van der Waals surface area contributed by atoms with Crippen molar-refractivity contribution in [3.63, 3.8) is 0 Å². The van der Waals surface area contributed by atoms with Gasteiger partial charge in [-0.2, -0.15) is 0 Å². The van der Waals surface area contributed by atoms with Gasteiger partial charge in [0.05, 0.1) is 7.11 Å². The predicted molar refractivity (Wildman–Crippen MR) is 119 cm³/mol. The van der Waals surface area contributed by atoms with Crippen LogP contribution >= 0.6 is 0 Å². The van der Waals surface area contributed by atoms with Crippen molar-refractivity contribution < 1.29 is 23.8 Å². The second-order valence-corrected chi connectivity index (χ2v) is 7.84. The third kappa shape index (κ3) is 6.23. The molecule has 6 nitrogen and oxygen atoms in total. The number of benzene rings is 1. The lowest BCUT2D eigenvalue weighted by Crippen LogP contribution is -2.20. The van der Waals surface area contributed by atoms with E-state index >= 15 is 0 Å². The molecule has 1 aliphatic carbocycles. The second kappa shape index (κ2) is 10.8. The van der Waals surface area contributed by atoms with Gasteiger partial charge in [0.25, 0.3) is 0 Å². The molecule has 166 valence electrons. The Bertz CT molecular complexity index is 940. The van der Waals surface area contributed by atoms with Crippen molar-refractivity contribution in [1.82, 2.24) is 4.57 Å². The molecule has 2 aromatic rings. The van der Waals surface area contributed by atoms with E-state index in [4.69, 9.17) is 14.2 Å². The summed E-state index contributed by atoms with van der Waals surface area (Å²) in [6.07, 6.45) is 8.29. The van der Waals surface area contributed by atoms with E-state index in [0.717, 1.165) is 24.4 Å². The number of allylic oxidation sites excluding steroid dienone is 2. The maximum absolute atomic E-state index is 12.6. The van der Waals surface area contributed by atoms with Crippen LogP contribution < -0.4 is 9.47 Å². The highest BCUT2D eigenvalue weighted by Crippen LogP contribution is 2.23. The first kappa shape index (κ1) is 22.7. The molecule has 0 atom stereocenters. The highest BCUT2D eigenvalue weighted by molar-refractivity contribution is 5.99. The average Bonchev–Trinajstić information content (AvgIpc) is 3.09. The molecule has 0 aliphatic heterocycles. The lowest BCUT2D eigenvalue weighted by atomic mass is 9.97. The molecule has 0 unspecified atom stereocenters. The fourth-order valence-electron chi connectivity index (χ4n) is 3.89. The third-order valence-electron chi connectivity index (χ3n) is 5.70. The Labute approximate surface area is 183 Å². The van der Waals surface area contributed by atoms with Crippen molar-refractivity contribution in [2.45, 2.75) is 52.5 Å². The fraction of sp³-hybridized carbons (Fsp3) is 0.440. The minimum absolute atomic E-state index is 0.200. The second-order valence-electron chi connectivity index (χ2n) is 7.84. The summed E-state index contributed by atoms with van der Waals surface area (Å²) in [7, 11) is 1.58. The van der Waals surface area contributed by atoms with Crippen LogP contribution in [0.1, 0.15) is 53.8 Å². The van der Waals surface area contributed by atoms with Gasteiger partial charge in [0.2, 0.25) is 5.78 Å². The van der Waals surface area contributed by atoms with Crippen molar-refractivity contribution in [2.24, 2.45) is 0 Å². The van der Waals surface area contributed by atoms with Gasteiger partial charge in [-0.3, -0.25) is 4.79 Å². The van der Waals surface area contributed by atoms with Crippen LogP contribution in [0.2, 0.25) is 0 Å². The van der Waals surface area contributed by atoms with Crippen LogP contribution in [0, 0.1) is 13.8 Å². The van der Waals surface area contributed by atoms with E-state index in [1.807, 2.05) is 19.9 Å². The number of rotatable bonds is 10. The molecule has 0 spiro atoms. The van der Waals surface area contributed by atoms with E-state index in [1.165, 1.54) is 31.3 Å². The van der Waals surface area contributed by atoms with Gasteiger partial charge in [0, 0.05) is 23.5 Å². The van der Waals surface area contributed by atoms with Crippen LogP contribution in [-0.4, -0.2) is 36.6 Å². The molecule has 6 heteroatoms. The summed E-state index contributed by atoms with van der Waals surface area (Å²) in [5.41, 5.74) is 4.09. The first-order chi connectivity index (χ1) is 15.0. The molecule has 0 bridgehead atoms. The van der Waals surface area contributed by atoms with Crippen molar-refractivity contribution >= 4 is 11.8 Å². The fourth-order valence-corrected chi connectivity index (χ4v) is 3.89. The summed E-state index contributed by atoms with van der Waals surface area (Å²) in [4.78, 5) is 24.6. The molecule has 1 heterocycles. The molecule has 0 radical (unpaired) electrons. The number of Topliss-reactive ketones (excluding diaryl/α,β-unsaturated/α-hetero) is 1. The van der Waals surface area contributed by atoms with Gasteiger partial charge in [-0.15, -0.1) is 0 Å². The Hall–Kier alpha value is -3.02. The highest BCUT2D eigenvalue weighted by atomic mass is 16.6. The molecule has 0 N–H and O–H groups in total. The number of methoxy groups -OCH3 is 1. The van der Waals surface area contributed by atoms with Crippen molar-refractivity contribution in [3.8, 4) is 11.5 Å². The summed E-state index contributed by atoms with van der Waals surface area (Å²) in [5.74, 6) is 0.450. The molecule has 1 aromatic carbocycles. The van der Waals surface area contributed by atoms with Gasteiger partial charge >= 0.3 is 5.97 Å². The van der Waals surface area contributed by atoms with E-state index in [1.54, 1.807) is 31.4 Å². The summed E-state index contributed by atoms with van der Waals surface area (Å²) in [5, 5.41) is 0. The summed E-state index contributed by atoms with van der Waals surface area (Å²) in [6, 6.07) is 8.77. The number of esters is 1. The topological polar surface area (TPSA) is 66.8 Å². The predicted octanol–water partition coefficient (Wildman–Crippen LogP) is 4.81. The Kier molecular flexibility index (Phi) is 7.93. The molecule has 1 aromatic heterocycles. The van der Waals surface area contributed by atoms with Gasteiger partial charge in [-0.05, 0) is 76.3 Å². The normalized spacial score (nSPS) is 13.5. The molecule has 0 saturated carbocycles. The summed E-state index contributed by atoms with van der Waals surface area (Å²) >= 11 is 0. The zero-order valence-electron chi connectivity index (χ0n) is 18.6. The minimum atomic E-state index is -0.581. The van der Waals surface area contributed by atoms with Gasteiger partial charge in [-0.1, -0.05) is 11.6 Å². The van der Waals surface area contributed by atoms with Crippen molar-refractivity contribution in [2.75, 3.05) is 20.3 Å². The Balaban J connectivity index is 1.49. The maximum atomic E-state index is 12.6. The number of hydrogen-bond acceptors (Lipinski definition) is 5. The van der Waals surface area contributed by atoms with Crippen LogP contribution in [0.4, 0.5) is 0 Å². The molecule has 0 saturated heterocycles. The lowest BCUT2D eigenvalue weighted by molar-refractivity contribution is -0.144. The number of aryl methyl sites for hydroxylation is 1. The molecular weight excluding hydrogens is 394 g/mol. The average molecular weight is 426 g/mol. The Morgan fingerprint density at radius 2 is 1.77 bits per heavy atom. The molecule has 3 rings (SSSR count). The number of carbonyl (C=O) groups is 2. The summed E-state index contributed by atoms with van der Waals surface area (Å²) < 4.78 is 17.8. The van der Waals surface area contributed by atoms with E-state index in [2.05, 4.69) is 10.6 Å². The zero-order valence-corrected chi connectivity index (χ0v) is 18.6. The Morgan fingerprint density at radius 1 is 1.03 bits per heavy atom. The van der Waals surface area contributed by atoms with Gasteiger partial charge in [-0.25, -0.2) is 4.79 Å². The minimum Gasteiger partial charge on any atom is -0.497 e.